The highest BCUT2D eigenvalue weighted by Gasteiger charge is 2.20. The Kier molecular flexibility index (Phi) is 4.38. The van der Waals surface area contributed by atoms with E-state index in [-0.39, 0.29) is 6.04 Å². The van der Waals surface area contributed by atoms with Gasteiger partial charge >= 0.3 is 0 Å². The third kappa shape index (κ3) is 3.04. The molecule has 1 N–H and O–H groups in total. The van der Waals surface area contributed by atoms with Gasteiger partial charge in [-0.15, -0.1) is 11.8 Å². The minimum Gasteiger partial charge on any atom is -0.337 e. The lowest BCUT2D eigenvalue weighted by molar-refractivity contribution is 0.327. The summed E-state index contributed by atoms with van der Waals surface area (Å²) >= 11 is 1.73. The number of thioether (sulfide) groups is 1. The molecule has 1 fully saturated rings. The molecule has 4 nitrogen and oxygen atoms in total. The van der Waals surface area contributed by atoms with Crippen LogP contribution in [0, 0.1) is 0 Å². The second-order valence-electron chi connectivity index (χ2n) is 5.04. The Labute approximate surface area is 123 Å². The minimum atomic E-state index is 0.212. The van der Waals surface area contributed by atoms with Crippen molar-refractivity contribution in [3.8, 4) is 11.4 Å². The van der Waals surface area contributed by atoms with Crippen molar-refractivity contribution in [2.75, 3.05) is 12.8 Å². The first-order valence-corrected chi connectivity index (χ1v) is 8.31. The number of aromatic nitrogens is 2. The zero-order valence-electron chi connectivity index (χ0n) is 11.6. The Morgan fingerprint density at radius 3 is 2.85 bits per heavy atom. The van der Waals surface area contributed by atoms with Gasteiger partial charge in [0.05, 0.1) is 6.04 Å². The lowest BCUT2D eigenvalue weighted by Crippen LogP contribution is -2.20. The quantitative estimate of drug-likeness (QED) is 0.874. The summed E-state index contributed by atoms with van der Waals surface area (Å²) in [6.07, 6.45) is 6.87. The van der Waals surface area contributed by atoms with E-state index in [1.54, 1.807) is 11.8 Å². The van der Waals surface area contributed by atoms with Crippen molar-refractivity contribution in [1.82, 2.24) is 15.5 Å². The first-order chi connectivity index (χ1) is 9.86. The maximum absolute atomic E-state index is 5.44. The fraction of sp³-hybridized carbons (Fsp3) is 0.467. The van der Waals surface area contributed by atoms with E-state index in [9.17, 15) is 0 Å². The number of hydrogen-bond acceptors (Lipinski definition) is 5. The highest BCUT2D eigenvalue weighted by atomic mass is 32.2. The average Bonchev–Trinajstić information content (AvgIpc) is 2.83. The van der Waals surface area contributed by atoms with Gasteiger partial charge in [0, 0.05) is 10.5 Å². The fourth-order valence-electron chi connectivity index (χ4n) is 2.47. The van der Waals surface area contributed by atoms with Crippen LogP contribution in [0.5, 0.6) is 0 Å². The zero-order chi connectivity index (χ0) is 13.8. The van der Waals surface area contributed by atoms with Crippen molar-refractivity contribution >= 4 is 11.8 Å². The van der Waals surface area contributed by atoms with Crippen LogP contribution in [-0.4, -0.2) is 22.9 Å². The maximum atomic E-state index is 5.44. The molecule has 0 aliphatic carbocycles. The number of nitrogens with one attached hydrogen (secondary N) is 1. The van der Waals surface area contributed by atoms with Crippen LogP contribution in [0.3, 0.4) is 0 Å². The standard InChI is InChI=1S/C15H19N3OS/c1-20-12-8-6-11(7-9-12)14-17-15(19-18-14)13-5-3-2-4-10-16-13/h6-9,13,16H,2-5,10H2,1H3. The van der Waals surface area contributed by atoms with Gasteiger partial charge < -0.3 is 9.84 Å². The zero-order valence-corrected chi connectivity index (χ0v) is 12.4. The van der Waals surface area contributed by atoms with Crippen LogP contribution in [0.2, 0.25) is 0 Å². The molecule has 106 valence electrons. The minimum absolute atomic E-state index is 0.212. The van der Waals surface area contributed by atoms with Gasteiger partial charge in [-0.05, 0) is 49.9 Å². The molecule has 0 radical (unpaired) electrons. The molecule has 0 bridgehead atoms. The summed E-state index contributed by atoms with van der Waals surface area (Å²) in [5, 5.41) is 7.60. The molecule has 1 aromatic heterocycles. The van der Waals surface area contributed by atoms with Crippen molar-refractivity contribution in [2.24, 2.45) is 0 Å². The molecule has 1 aliphatic rings. The van der Waals surface area contributed by atoms with Crippen molar-refractivity contribution in [3.63, 3.8) is 0 Å². The number of nitrogens with zero attached hydrogens (tertiary/aromatic N) is 2. The van der Waals surface area contributed by atoms with E-state index in [0.717, 1.165) is 24.4 Å². The van der Waals surface area contributed by atoms with Crippen LogP contribution in [0.15, 0.2) is 33.7 Å². The largest absolute Gasteiger partial charge is 0.337 e. The van der Waals surface area contributed by atoms with E-state index >= 15 is 0 Å². The second-order valence-corrected chi connectivity index (χ2v) is 5.92. The molecule has 1 atom stereocenters. The van der Waals surface area contributed by atoms with Gasteiger partial charge in [0.25, 0.3) is 0 Å². The summed E-state index contributed by atoms with van der Waals surface area (Å²) < 4.78 is 5.44. The SMILES string of the molecule is CSc1ccc(-c2noc(C3CCCCCN3)n2)cc1. The first kappa shape index (κ1) is 13.6. The van der Waals surface area contributed by atoms with Gasteiger partial charge in [0.1, 0.15) is 0 Å². The molecule has 1 aromatic carbocycles. The van der Waals surface area contributed by atoms with E-state index in [0.29, 0.717) is 5.82 Å². The van der Waals surface area contributed by atoms with Crippen LogP contribution in [0.1, 0.15) is 37.6 Å². The summed E-state index contributed by atoms with van der Waals surface area (Å²) in [5.41, 5.74) is 1.01. The lowest BCUT2D eigenvalue weighted by Gasteiger charge is -2.09. The van der Waals surface area contributed by atoms with Gasteiger partial charge in [-0.2, -0.15) is 4.98 Å². The molecule has 0 spiro atoms. The third-order valence-corrected chi connectivity index (χ3v) is 4.39. The van der Waals surface area contributed by atoms with Gasteiger partial charge in [-0.1, -0.05) is 18.0 Å². The molecule has 0 saturated carbocycles. The van der Waals surface area contributed by atoms with E-state index in [4.69, 9.17) is 4.52 Å². The number of rotatable bonds is 3. The molecular formula is C15H19N3OS. The number of benzene rings is 1. The average molecular weight is 289 g/mol. The van der Waals surface area contributed by atoms with Crippen molar-refractivity contribution in [2.45, 2.75) is 36.6 Å². The predicted octanol–water partition coefficient (Wildman–Crippen LogP) is 3.66. The van der Waals surface area contributed by atoms with Gasteiger partial charge in [0.15, 0.2) is 0 Å². The third-order valence-electron chi connectivity index (χ3n) is 3.65. The lowest BCUT2D eigenvalue weighted by atomic mass is 10.1. The molecule has 3 rings (SSSR count). The Morgan fingerprint density at radius 2 is 2.05 bits per heavy atom. The molecule has 1 saturated heterocycles. The fourth-order valence-corrected chi connectivity index (χ4v) is 2.88. The highest BCUT2D eigenvalue weighted by Crippen LogP contribution is 2.25. The molecule has 2 heterocycles. The van der Waals surface area contributed by atoms with Gasteiger partial charge in [-0.25, -0.2) is 0 Å². The molecule has 1 unspecified atom stereocenters. The summed E-state index contributed by atoms with van der Waals surface area (Å²) in [5.74, 6) is 1.40. The van der Waals surface area contributed by atoms with Crippen molar-refractivity contribution in [1.29, 1.82) is 0 Å². The monoisotopic (exact) mass is 289 g/mol. The van der Waals surface area contributed by atoms with Crippen molar-refractivity contribution in [3.05, 3.63) is 30.2 Å². The summed E-state index contributed by atoms with van der Waals surface area (Å²) in [7, 11) is 0. The normalized spacial score (nSPS) is 19.8. The van der Waals surface area contributed by atoms with E-state index in [1.165, 1.54) is 24.2 Å². The van der Waals surface area contributed by atoms with E-state index in [2.05, 4.69) is 33.8 Å². The molecule has 5 heteroatoms. The Balaban J connectivity index is 1.78. The van der Waals surface area contributed by atoms with Crippen LogP contribution < -0.4 is 5.32 Å². The topological polar surface area (TPSA) is 51.0 Å². The molecule has 20 heavy (non-hydrogen) atoms. The van der Waals surface area contributed by atoms with Gasteiger partial charge in [-0.3, -0.25) is 0 Å². The summed E-state index contributed by atoms with van der Waals surface area (Å²) in [6, 6.07) is 8.46. The highest BCUT2D eigenvalue weighted by molar-refractivity contribution is 7.98. The summed E-state index contributed by atoms with van der Waals surface area (Å²) in [4.78, 5) is 5.79. The second kappa shape index (κ2) is 6.41. The van der Waals surface area contributed by atoms with Crippen LogP contribution in [-0.2, 0) is 0 Å². The van der Waals surface area contributed by atoms with Gasteiger partial charge in [0.2, 0.25) is 11.7 Å². The van der Waals surface area contributed by atoms with Crippen LogP contribution in [0.25, 0.3) is 11.4 Å². The number of hydrogen-bond donors (Lipinski definition) is 1. The first-order valence-electron chi connectivity index (χ1n) is 7.08. The Hall–Kier alpha value is -1.33. The van der Waals surface area contributed by atoms with Crippen LogP contribution >= 0.6 is 11.8 Å². The van der Waals surface area contributed by atoms with Crippen LogP contribution in [0.4, 0.5) is 0 Å². The maximum Gasteiger partial charge on any atom is 0.244 e. The predicted molar refractivity (Wildman–Crippen MR) is 80.7 cm³/mol. The molecular weight excluding hydrogens is 270 g/mol. The summed E-state index contributed by atoms with van der Waals surface area (Å²) in [6.45, 7) is 1.03. The molecule has 0 amide bonds. The Morgan fingerprint density at radius 1 is 1.20 bits per heavy atom. The van der Waals surface area contributed by atoms with Crippen molar-refractivity contribution < 1.29 is 4.52 Å². The smallest absolute Gasteiger partial charge is 0.244 e. The molecule has 2 aromatic rings. The van der Waals surface area contributed by atoms with E-state index in [1.807, 2.05) is 12.1 Å². The Bertz CT molecular complexity index is 545. The molecule has 1 aliphatic heterocycles. The van der Waals surface area contributed by atoms with E-state index < -0.39 is 0 Å².